The molecular formula is C12H22OSi. The van der Waals surface area contributed by atoms with Crippen LogP contribution in [-0.4, -0.2) is 14.4 Å². The van der Waals surface area contributed by atoms with Crippen molar-refractivity contribution in [1.82, 2.24) is 0 Å². The third kappa shape index (κ3) is 3.69. The quantitative estimate of drug-likeness (QED) is 0.393. The van der Waals surface area contributed by atoms with Gasteiger partial charge in [-0.25, -0.2) is 0 Å². The smallest absolute Gasteiger partial charge is 0.194 e. The Morgan fingerprint density at radius 1 is 1.36 bits per heavy atom. The highest BCUT2D eigenvalue weighted by Crippen LogP contribution is 2.37. The van der Waals surface area contributed by atoms with Gasteiger partial charge >= 0.3 is 0 Å². The van der Waals surface area contributed by atoms with Crippen LogP contribution in [0.25, 0.3) is 0 Å². The van der Waals surface area contributed by atoms with Crippen molar-refractivity contribution in [3.8, 4) is 12.3 Å². The normalized spacial score (nSPS) is 15.5. The van der Waals surface area contributed by atoms with E-state index in [1.807, 2.05) is 19.1 Å². The fraction of sp³-hybridized carbons (Fsp3) is 0.667. The first-order valence-electron chi connectivity index (χ1n) is 5.01. The van der Waals surface area contributed by atoms with Gasteiger partial charge in [-0.1, -0.05) is 32.8 Å². The number of hydrogen-bond acceptors (Lipinski definition) is 1. The molecular weight excluding hydrogens is 188 g/mol. The Labute approximate surface area is 89.7 Å². The van der Waals surface area contributed by atoms with Gasteiger partial charge in [0, 0.05) is 0 Å². The highest BCUT2D eigenvalue weighted by atomic mass is 28.4. The average molecular weight is 210 g/mol. The molecule has 1 nitrogen and oxygen atoms in total. The summed E-state index contributed by atoms with van der Waals surface area (Å²) in [5.74, 6) is 2.66. The van der Waals surface area contributed by atoms with E-state index in [-0.39, 0.29) is 11.1 Å². The van der Waals surface area contributed by atoms with E-state index < -0.39 is 8.32 Å². The summed E-state index contributed by atoms with van der Waals surface area (Å²) in [6.45, 7) is 13.0. The summed E-state index contributed by atoms with van der Waals surface area (Å²) >= 11 is 0. The predicted octanol–water partition coefficient (Wildman–Crippen LogP) is 3.59. The molecule has 0 aliphatic heterocycles. The molecule has 0 N–H and O–H groups in total. The third-order valence-corrected chi connectivity index (χ3v) is 7.21. The van der Waals surface area contributed by atoms with Crippen LogP contribution >= 0.6 is 0 Å². The lowest BCUT2D eigenvalue weighted by Crippen LogP contribution is -2.43. The standard InChI is InChI=1S/C12H22OSi/c1-8-10-11(9-2)13-14(6,7)12(3,4)5/h2,8,10-11H,1,3-7H3/b10-8+. The van der Waals surface area contributed by atoms with Gasteiger partial charge in [0.05, 0.1) is 0 Å². The van der Waals surface area contributed by atoms with Crippen molar-refractivity contribution in [2.24, 2.45) is 0 Å². The van der Waals surface area contributed by atoms with Crippen LogP contribution in [-0.2, 0) is 4.43 Å². The molecule has 0 aromatic carbocycles. The van der Waals surface area contributed by atoms with Gasteiger partial charge in [0.1, 0.15) is 6.10 Å². The molecule has 2 heteroatoms. The monoisotopic (exact) mass is 210 g/mol. The van der Waals surface area contributed by atoms with Crippen LogP contribution in [0.5, 0.6) is 0 Å². The molecule has 0 aromatic rings. The summed E-state index contributed by atoms with van der Waals surface area (Å²) in [5, 5.41) is 0.212. The zero-order valence-corrected chi connectivity index (χ0v) is 11.2. The molecule has 0 aliphatic carbocycles. The zero-order chi connectivity index (χ0) is 11.4. The van der Waals surface area contributed by atoms with Gasteiger partial charge in [-0.15, -0.1) is 6.42 Å². The first-order chi connectivity index (χ1) is 6.24. The molecule has 0 aromatic heterocycles. The minimum atomic E-state index is -1.72. The third-order valence-electron chi connectivity index (χ3n) is 2.76. The van der Waals surface area contributed by atoms with Gasteiger partial charge in [0.25, 0.3) is 0 Å². The minimum Gasteiger partial charge on any atom is -0.400 e. The molecule has 80 valence electrons. The maximum absolute atomic E-state index is 6.01. The fourth-order valence-electron chi connectivity index (χ4n) is 0.798. The van der Waals surface area contributed by atoms with Crippen molar-refractivity contribution < 1.29 is 4.43 Å². The molecule has 1 atom stereocenters. The number of terminal acetylenes is 1. The van der Waals surface area contributed by atoms with Gasteiger partial charge < -0.3 is 4.43 Å². The number of allylic oxidation sites excluding steroid dienone is 1. The Kier molecular flexibility index (Phi) is 4.63. The second-order valence-corrected chi connectivity index (χ2v) is 9.75. The van der Waals surface area contributed by atoms with E-state index in [0.717, 1.165) is 0 Å². The van der Waals surface area contributed by atoms with Gasteiger partial charge in [-0.2, -0.15) is 0 Å². The molecule has 0 rings (SSSR count). The van der Waals surface area contributed by atoms with E-state index in [2.05, 4.69) is 39.8 Å². The summed E-state index contributed by atoms with van der Waals surface area (Å²) in [4.78, 5) is 0. The maximum Gasteiger partial charge on any atom is 0.194 e. The topological polar surface area (TPSA) is 9.23 Å². The molecule has 0 spiro atoms. The highest BCUT2D eigenvalue weighted by molar-refractivity contribution is 6.74. The lowest BCUT2D eigenvalue weighted by Gasteiger charge is -2.37. The highest BCUT2D eigenvalue weighted by Gasteiger charge is 2.38. The zero-order valence-electron chi connectivity index (χ0n) is 10.2. The number of rotatable bonds is 3. The Hall–Kier alpha value is -0.523. The summed E-state index contributed by atoms with van der Waals surface area (Å²) in [5.41, 5.74) is 0. The first kappa shape index (κ1) is 13.5. The van der Waals surface area contributed by atoms with E-state index in [1.165, 1.54) is 0 Å². The summed E-state index contributed by atoms with van der Waals surface area (Å²) in [6, 6.07) is 0. The van der Waals surface area contributed by atoms with E-state index in [0.29, 0.717) is 0 Å². The van der Waals surface area contributed by atoms with Crippen LogP contribution in [0.15, 0.2) is 12.2 Å². The fourth-order valence-corrected chi connectivity index (χ4v) is 1.93. The molecule has 14 heavy (non-hydrogen) atoms. The molecule has 0 fully saturated rings. The Bertz CT molecular complexity index is 240. The molecule has 0 bridgehead atoms. The Morgan fingerprint density at radius 2 is 1.86 bits per heavy atom. The number of hydrogen-bond donors (Lipinski definition) is 0. The largest absolute Gasteiger partial charge is 0.400 e. The van der Waals surface area contributed by atoms with Crippen LogP contribution in [0, 0.1) is 12.3 Å². The Balaban J connectivity index is 4.58. The van der Waals surface area contributed by atoms with Crippen molar-refractivity contribution >= 4 is 8.32 Å². The first-order valence-corrected chi connectivity index (χ1v) is 7.92. The lowest BCUT2D eigenvalue weighted by molar-refractivity contribution is 0.275. The van der Waals surface area contributed by atoms with E-state index >= 15 is 0 Å². The van der Waals surface area contributed by atoms with Gasteiger partial charge in [0.15, 0.2) is 8.32 Å². The van der Waals surface area contributed by atoms with Crippen molar-refractivity contribution in [2.75, 3.05) is 0 Å². The summed E-state index contributed by atoms with van der Waals surface area (Å²) in [6.07, 6.45) is 9.11. The van der Waals surface area contributed by atoms with E-state index in [9.17, 15) is 0 Å². The van der Waals surface area contributed by atoms with Gasteiger partial charge in [-0.3, -0.25) is 0 Å². The molecule has 0 aliphatic rings. The lowest BCUT2D eigenvalue weighted by atomic mass is 10.2. The van der Waals surface area contributed by atoms with Crippen molar-refractivity contribution in [1.29, 1.82) is 0 Å². The second-order valence-electron chi connectivity index (χ2n) is 4.99. The second kappa shape index (κ2) is 4.81. The van der Waals surface area contributed by atoms with Crippen molar-refractivity contribution in [3.05, 3.63) is 12.2 Å². The van der Waals surface area contributed by atoms with Crippen molar-refractivity contribution in [3.63, 3.8) is 0 Å². The van der Waals surface area contributed by atoms with Crippen LogP contribution in [0.2, 0.25) is 18.1 Å². The molecule has 0 radical (unpaired) electrons. The summed E-state index contributed by atoms with van der Waals surface area (Å²) in [7, 11) is -1.72. The average Bonchev–Trinajstić information content (AvgIpc) is 2.01. The van der Waals surface area contributed by atoms with Crippen molar-refractivity contribution in [2.45, 2.75) is 51.9 Å². The predicted molar refractivity (Wildman–Crippen MR) is 65.7 cm³/mol. The van der Waals surface area contributed by atoms with E-state index in [1.54, 1.807) is 0 Å². The molecule has 0 saturated heterocycles. The minimum absolute atomic E-state index is 0.166. The van der Waals surface area contributed by atoms with Gasteiger partial charge in [0.2, 0.25) is 0 Å². The van der Waals surface area contributed by atoms with Crippen LogP contribution in [0.3, 0.4) is 0 Å². The molecule has 1 unspecified atom stereocenters. The summed E-state index contributed by atoms with van der Waals surface area (Å²) < 4.78 is 6.01. The van der Waals surface area contributed by atoms with Crippen LogP contribution < -0.4 is 0 Å². The Morgan fingerprint density at radius 3 is 2.14 bits per heavy atom. The van der Waals surface area contributed by atoms with Crippen LogP contribution in [0.1, 0.15) is 27.7 Å². The SMILES string of the molecule is C#CC(/C=C/C)O[Si](C)(C)C(C)(C)C. The van der Waals surface area contributed by atoms with Gasteiger partial charge in [-0.05, 0) is 31.1 Å². The molecule has 0 amide bonds. The maximum atomic E-state index is 6.01. The van der Waals surface area contributed by atoms with E-state index in [4.69, 9.17) is 10.8 Å². The molecule has 0 heterocycles. The van der Waals surface area contributed by atoms with Crippen LogP contribution in [0.4, 0.5) is 0 Å². The molecule has 0 saturated carbocycles.